The summed E-state index contributed by atoms with van der Waals surface area (Å²) < 4.78 is 2.58. The van der Waals surface area contributed by atoms with E-state index >= 15 is 0 Å². The minimum Gasteiger partial charge on any atom is -0.268 e. The predicted octanol–water partition coefficient (Wildman–Crippen LogP) is 5.16. The highest BCUT2D eigenvalue weighted by Gasteiger charge is 2.21. The number of carbonyl (C=O) groups excluding carboxylic acids is 1. The lowest BCUT2D eigenvalue weighted by Gasteiger charge is -2.12. The molecule has 166 valence electrons. The number of benzene rings is 2. The molecule has 5 rings (SSSR count). The van der Waals surface area contributed by atoms with Crippen molar-refractivity contribution >= 4 is 49.6 Å². The molecule has 0 spiro atoms. The topological polar surface area (TPSA) is 76.3 Å². The maximum atomic E-state index is 13.4. The molecule has 0 fully saturated rings. The largest absolute Gasteiger partial charge is 0.271 e. The third kappa shape index (κ3) is 4.28. The second-order valence-corrected chi connectivity index (χ2v) is 9.99. The van der Waals surface area contributed by atoms with Gasteiger partial charge in [-0.3, -0.25) is 14.2 Å². The van der Waals surface area contributed by atoms with E-state index < -0.39 is 0 Å². The summed E-state index contributed by atoms with van der Waals surface area (Å²) in [5, 5.41) is 4.78. The Hall–Kier alpha value is -3.10. The SMILES string of the molecule is Cc1nc2sc3c(c2c(=O)n1-c1ccc(C(=O)N/N=C\c2cccc(Br)c2)cc1)CCCC3. The molecule has 2 aromatic heterocycles. The molecule has 1 amide bonds. The van der Waals surface area contributed by atoms with Crippen molar-refractivity contribution in [1.29, 1.82) is 0 Å². The quantitative estimate of drug-likeness (QED) is 0.298. The van der Waals surface area contributed by atoms with E-state index in [0.29, 0.717) is 17.1 Å². The van der Waals surface area contributed by atoms with Crippen molar-refractivity contribution in [2.24, 2.45) is 5.10 Å². The normalized spacial score (nSPS) is 13.4. The van der Waals surface area contributed by atoms with Gasteiger partial charge in [0.2, 0.25) is 0 Å². The fourth-order valence-corrected chi connectivity index (χ4v) is 5.90. The number of carbonyl (C=O) groups is 1. The summed E-state index contributed by atoms with van der Waals surface area (Å²) in [4.78, 5) is 32.8. The van der Waals surface area contributed by atoms with E-state index in [4.69, 9.17) is 4.98 Å². The summed E-state index contributed by atoms with van der Waals surface area (Å²) in [6.45, 7) is 1.84. The summed E-state index contributed by atoms with van der Waals surface area (Å²) in [6.07, 6.45) is 5.84. The van der Waals surface area contributed by atoms with Crippen LogP contribution in [0.1, 0.15) is 45.0 Å². The molecule has 0 saturated heterocycles. The van der Waals surface area contributed by atoms with E-state index in [-0.39, 0.29) is 11.5 Å². The van der Waals surface area contributed by atoms with E-state index in [2.05, 4.69) is 26.5 Å². The van der Waals surface area contributed by atoms with Gasteiger partial charge in [-0.25, -0.2) is 10.4 Å². The molecule has 0 radical (unpaired) electrons. The van der Waals surface area contributed by atoms with Crippen molar-refractivity contribution in [1.82, 2.24) is 15.0 Å². The molecule has 0 bridgehead atoms. The van der Waals surface area contributed by atoms with Crippen molar-refractivity contribution in [2.45, 2.75) is 32.6 Å². The van der Waals surface area contributed by atoms with Crippen LogP contribution in [0.2, 0.25) is 0 Å². The Labute approximate surface area is 203 Å². The third-order valence-electron chi connectivity index (χ3n) is 5.77. The van der Waals surface area contributed by atoms with Crippen molar-refractivity contribution in [3.05, 3.63) is 90.7 Å². The second-order valence-electron chi connectivity index (χ2n) is 7.99. The molecule has 8 heteroatoms. The number of hydrazone groups is 1. The molecule has 6 nitrogen and oxygen atoms in total. The maximum Gasteiger partial charge on any atom is 0.271 e. The highest BCUT2D eigenvalue weighted by molar-refractivity contribution is 9.10. The Kier molecular flexibility index (Phi) is 5.95. The Morgan fingerprint density at radius 1 is 1.18 bits per heavy atom. The van der Waals surface area contributed by atoms with E-state index in [1.165, 1.54) is 16.9 Å². The van der Waals surface area contributed by atoms with Gasteiger partial charge in [-0.05, 0) is 80.1 Å². The number of rotatable bonds is 4. The van der Waals surface area contributed by atoms with Crippen LogP contribution in [0.3, 0.4) is 0 Å². The minimum absolute atomic E-state index is 0.0345. The summed E-state index contributed by atoms with van der Waals surface area (Å²) in [5.74, 6) is 0.319. The van der Waals surface area contributed by atoms with E-state index in [0.717, 1.165) is 39.5 Å². The van der Waals surface area contributed by atoms with Crippen LogP contribution in [0.25, 0.3) is 15.9 Å². The lowest BCUT2D eigenvalue weighted by molar-refractivity contribution is 0.0955. The predicted molar refractivity (Wildman–Crippen MR) is 136 cm³/mol. The van der Waals surface area contributed by atoms with Crippen LogP contribution in [0.5, 0.6) is 0 Å². The summed E-state index contributed by atoms with van der Waals surface area (Å²) in [6, 6.07) is 14.5. The van der Waals surface area contributed by atoms with Gasteiger partial charge in [0.05, 0.1) is 17.3 Å². The molecule has 1 aliphatic rings. The molecule has 1 aliphatic carbocycles. The van der Waals surface area contributed by atoms with Gasteiger partial charge in [0.1, 0.15) is 10.7 Å². The first-order chi connectivity index (χ1) is 16.0. The molecule has 0 saturated carbocycles. The van der Waals surface area contributed by atoms with Gasteiger partial charge >= 0.3 is 0 Å². The molecule has 33 heavy (non-hydrogen) atoms. The van der Waals surface area contributed by atoms with Crippen LogP contribution in [0.4, 0.5) is 0 Å². The molecular formula is C25H21BrN4O2S. The molecule has 0 atom stereocenters. The van der Waals surface area contributed by atoms with Crippen LogP contribution in [-0.2, 0) is 12.8 Å². The fraction of sp³-hybridized carbons (Fsp3) is 0.200. The molecular weight excluding hydrogens is 500 g/mol. The standard InChI is InChI=1S/C25H21BrN4O2S/c1-15-28-24-22(20-7-2-3-8-21(20)33-24)25(32)30(15)19-11-9-17(10-12-19)23(31)29-27-14-16-5-4-6-18(26)13-16/h4-6,9-14H,2-3,7-8H2,1H3,(H,29,31)/b27-14-. The first-order valence-corrected chi connectivity index (χ1v) is 12.4. The van der Waals surface area contributed by atoms with Gasteiger partial charge in [0.25, 0.3) is 11.5 Å². The summed E-state index contributed by atoms with van der Waals surface area (Å²) in [5.41, 5.74) is 5.69. The minimum atomic E-state index is -0.322. The summed E-state index contributed by atoms with van der Waals surface area (Å²) in [7, 11) is 0. The lowest BCUT2D eigenvalue weighted by atomic mass is 9.97. The number of hydrogen-bond donors (Lipinski definition) is 1. The molecule has 2 heterocycles. The zero-order valence-electron chi connectivity index (χ0n) is 18.0. The van der Waals surface area contributed by atoms with Gasteiger partial charge in [-0.2, -0.15) is 5.10 Å². The van der Waals surface area contributed by atoms with Crippen LogP contribution in [-0.4, -0.2) is 21.7 Å². The van der Waals surface area contributed by atoms with Crippen LogP contribution >= 0.6 is 27.3 Å². The number of fused-ring (bicyclic) bond motifs is 3. The smallest absolute Gasteiger partial charge is 0.268 e. The molecule has 0 unspecified atom stereocenters. The monoisotopic (exact) mass is 520 g/mol. The molecule has 4 aromatic rings. The number of halogens is 1. The maximum absolute atomic E-state index is 13.4. The molecule has 2 aromatic carbocycles. The van der Waals surface area contributed by atoms with Gasteiger partial charge in [0.15, 0.2) is 0 Å². The number of aryl methyl sites for hydroxylation is 3. The lowest BCUT2D eigenvalue weighted by Crippen LogP contribution is -2.23. The van der Waals surface area contributed by atoms with Gasteiger partial charge in [-0.15, -0.1) is 11.3 Å². The number of nitrogens with one attached hydrogen (secondary N) is 1. The van der Waals surface area contributed by atoms with Gasteiger partial charge in [0, 0.05) is 14.9 Å². The highest BCUT2D eigenvalue weighted by Crippen LogP contribution is 2.34. The van der Waals surface area contributed by atoms with Crippen molar-refractivity contribution in [3.63, 3.8) is 0 Å². The summed E-state index contributed by atoms with van der Waals surface area (Å²) >= 11 is 5.06. The van der Waals surface area contributed by atoms with Crippen LogP contribution in [0.15, 0.2) is 62.9 Å². The Bertz CT molecular complexity index is 1450. The number of aromatic nitrogens is 2. The first kappa shape index (κ1) is 21.7. The molecule has 0 aliphatic heterocycles. The van der Waals surface area contributed by atoms with Gasteiger partial charge < -0.3 is 0 Å². The highest BCUT2D eigenvalue weighted by atomic mass is 79.9. The third-order valence-corrected chi connectivity index (χ3v) is 7.45. The average molecular weight is 521 g/mol. The second kappa shape index (κ2) is 9.03. The number of nitrogens with zero attached hydrogens (tertiary/aromatic N) is 3. The zero-order chi connectivity index (χ0) is 22.9. The number of thiophene rings is 1. The average Bonchev–Trinajstić information content (AvgIpc) is 3.18. The van der Waals surface area contributed by atoms with E-state index in [1.807, 2.05) is 31.2 Å². The van der Waals surface area contributed by atoms with Gasteiger partial charge in [-0.1, -0.05) is 28.1 Å². The Balaban J connectivity index is 1.40. The fourth-order valence-electron chi connectivity index (χ4n) is 4.19. The Morgan fingerprint density at radius 2 is 1.97 bits per heavy atom. The first-order valence-electron chi connectivity index (χ1n) is 10.7. The number of amides is 1. The zero-order valence-corrected chi connectivity index (χ0v) is 20.4. The molecule has 1 N–H and O–H groups in total. The Morgan fingerprint density at radius 3 is 2.76 bits per heavy atom. The van der Waals surface area contributed by atoms with Crippen LogP contribution in [0, 0.1) is 6.92 Å². The van der Waals surface area contributed by atoms with Crippen molar-refractivity contribution in [2.75, 3.05) is 0 Å². The van der Waals surface area contributed by atoms with E-state index in [9.17, 15) is 9.59 Å². The van der Waals surface area contributed by atoms with E-state index in [1.54, 1.807) is 46.4 Å². The van der Waals surface area contributed by atoms with Crippen LogP contribution < -0.4 is 11.0 Å². The van der Waals surface area contributed by atoms with Crippen molar-refractivity contribution in [3.8, 4) is 5.69 Å². The number of hydrogen-bond acceptors (Lipinski definition) is 5. The van der Waals surface area contributed by atoms with Crippen molar-refractivity contribution < 1.29 is 4.79 Å².